The fourth-order valence-corrected chi connectivity index (χ4v) is 2.93. The van der Waals surface area contributed by atoms with Crippen LogP contribution in [0.2, 0.25) is 0 Å². The smallest absolute Gasteiger partial charge is 0.161 e. The van der Waals surface area contributed by atoms with Gasteiger partial charge in [-0.15, -0.1) is 0 Å². The van der Waals surface area contributed by atoms with Crippen LogP contribution in [0.15, 0.2) is 27.7 Å². The molecule has 98 valence electrons. The predicted molar refractivity (Wildman–Crippen MR) is 82.9 cm³/mol. The molecule has 5 heteroatoms. The van der Waals surface area contributed by atoms with Crippen molar-refractivity contribution in [3.63, 3.8) is 0 Å². The van der Waals surface area contributed by atoms with Gasteiger partial charge in [-0.3, -0.25) is 4.99 Å². The summed E-state index contributed by atoms with van der Waals surface area (Å²) in [5.41, 5.74) is 1.23. The van der Waals surface area contributed by atoms with Crippen molar-refractivity contribution in [3.05, 3.63) is 22.7 Å². The molecule has 1 N–H and O–H groups in total. The van der Waals surface area contributed by atoms with E-state index in [1.807, 2.05) is 18.2 Å². The highest BCUT2D eigenvalue weighted by molar-refractivity contribution is 9.10. The van der Waals surface area contributed by atoms with E-state index in [2.05, 4.69) is 40.1 Å². The summed E-state index contributed by atoms with van der Waals surface area (Å²) in [7, 11) is 1.67. The van der Waals surface area contributed by atoms with Crippen molar-refractivity contribution in [3.8, 4) is 5.75 Å². The van der Waals surface area contributed by atoms with Crippen LogP contribution in [0.25, 0.3) is 0 Å². The van der Waals surface area contributed by atoms with Crippen molar-refractivity contribution in [2.75, 3.05) is 24.7 Å². The van der Waals surface area contributed by atoms with E-state index >= 15 is 0 Å². The van der Waals surface area contributed by atoms with E-state index in [9.17, 15) is 0 Å². The molecule has 18 heavy (non-hydrogen) atoms. The first kappa shape index (κ1) is 13.7. The third kappa shape index (κ3) is 3.42. The molecular formula is C13H17BrN2OS. The van der Waals surface area contributed by atoms with Gasteiger partial charge in [0.2, 0.25) is 0 Å². The molecule has 3 nitrogen and oxygen atoms in total. The summed E-state index contributed by atoms with van der Waals surface area (Å²) in [5, 5.41) is 4.30. The van der Waals surface area contributed by atoms with Crippen molar-refractivity contribution >= 4 is 38.5 Å². The van der Waals surface area contributed by atoms with E-state index < -0.39 is 0 Å². The first-order valence-corrected chi connectivity index (χ1v) is 7.56. The Morgan fingerprint density at radius 1 is 1.44 bits per heavy atom. The molecule has 0 atom stereocenters. The molecule has 2 rings (SSSR count). The maximum absolute atomic E-state index is 5.34. The number of methoxy groups -OCH3 is 1. The van der Waals surface area contributed by atoms with Gasteiger partial charge in [-0.05, 0) is 23.6 Å². The monoisotopic (exact) mass is 328 g/mol. The Kier molecular flexibility index (Phi) is 4.22. The van der Waals surface area contributed by atoms with Crippen molar-refractivity contribution in [2.24, 2.45) is 10.4 Å². The Balaban J connectivity index is 2.15. The highest BCUT2D eigenvalue weighted by atomic mass is 79.9. The maximum Gasteiger partial charge on any atom is 0.161 e. The van der Waals surface area contributed by atoms with Gasteiger partial charge in [0.1, 0.15) is 5.75 Å². The van der Waals surface area contributed by atoms with Crippen LogP contribution in [0.1, 0.15) is 13.8 Å². The lowest BCUT2D eigenvalue weighted by molar-refractivity contribution is 0.417. The number of thioether (sulfide) groups is 1. The van der Waals surface area contributed by atoms with Crippen LogP contribution in [-0.4, -0.2) is 24.6 Å². The molecule has 0 unspecified atom stereocenters. The second-order valence-electron chi connectivity index (χ2n) is 5.04. The van der Waals surface area contributed by atoms with E-state index in [1.54, 1.807) is 18.9 Å². The normalized spacial score (nSPS) is 18.1. The number of benzene rings is 1. The van der Waals surface area contributed by atoms with Crippen LogP contribution in [0.3, 0.4) is 0 Å². The van der Waals surface area contributed by atoms with Crippen LogP contribution in [0.5, 0.6) is 5.75 Å². The van der Waals surface area contributed by atoms with Gasteiger partial charge in [-0.1, -0.05) is 41.5 Å². The van der Waals surface area contributed by atoms with E-state index in [-0.39, 0.29) is 5.41 Å². The van der Waals surface area contributed by atoms with Gasteiger partial charge < -0.3 is 10.1 Å². The fourth-order valence-electron chi connectivity index (χ4n) is 1.61. The summed E-state index contributed by atoms with van der Waals surface area (Å²) in [5.74, 6) is 1.90. The lowest BCUT2D eigenvalue weighted by Gasteiger charge is -2.27. The number of nitrogens with zero attached hydrogens (tertiary/aromatic N) is 1. The first-order chi connectivity index (χ1) is 8.50. The second-order valence-corrected chi connectivity index (χ2v) is 6.92. The van der Waals surface area contributed by atoms with Gasteiger partial charge in [0, 0.05) is 16.8 Å². The maximum atomic E-state index is 5.34. The van der Waals surface area contributed by atoms with Crippen molar-refractivity contribution in [2.45, 2.75) is 13.8 Å². The van der Waals surface area contributed by atoms with Gasteiger partial charge in [-0.2, -0.15) is 0 Å². The molecule has 0 amide bonds. The van der Waals surface area contributed by atoms with Crippen molar-refractivity contribution in [1.82, 2.24) is 0 Å². The summed E-state index contributed by atoms with van der Waals surface area (Å²) < 4.78 is 6.36. The third-order valence-corrected chi connectivity index (χ3v) is 4.58. The number of anilines is 1. The van der Waals surface area contributed by atoms with Gasteiger partial charge >= 0.3 is 0 Å². The molecule has 1 aromatic rings. The molecule has 0 saturated heterocycles. The zero-order valence-electron chi connectivity index (χ0n) is 10.8. The summed E-state index contributed by atoms with van der Waals surface area (Å²) in [6, 6.07) is 5.90. The summed E-state index contributed by atoms with van der Waals surface area (Å²) in [6.07, 6.45) is 0. The average molecular weight is 329 g/mol. The molecule has 0 aliphatic carbocycles. The Bertz CT molecular complexity index is 474. The Morgan fingerprint density at radius 2 is 2.22 bits per heavy atom. The van der Waals surface area contributed by atoms with Gasteiger partial charge in [-0.25, -0.2) is 0 Å². The van der Waals surface area contributed by atoms with E-state index in [0.717, 1.165) is 33.4 Å². The summed E-state index contributed by atoms with van der Waals surface area (Å²) in [6.45, 7) is 5.33. The molecule has 0 saturated carbocycles. The number of nitrogens with one attached hydrogen (secondary N) is 1. The molecule has 0 fully saturated rings. The fraction of sp³-hybridized carbons (Fsp3) is 0.462. The molecule has 0 spiro atoms. The lowest BCUT2D eigenvalue weighted by atomic mass is 9.97. The zero-order chi connectivity index (χ0) is 13.2. The number of amidine groups is 1. The van der Waals surface area contributed by atoms with Crippen molar-refractivity contribution < 1.29 is 4.74 Å². The SMILES string of the molecule is COc1ccc(Br)cc1NC1=NCC(C)(C)CS1. The number of rotatable bonds is 2. The molecule has 1 aromatic carbocycles. The summed E-state index contributed by atoms with van der Waals surface area (Å²) in [4.78, 5) is 4.58. The molecule has 0 bridgehead atoms. The number of hydrogen-bond acceptors (Lipinski definition) is 4. The van der Waals surface area contributed by atoms with Crippen LogP contribution >= 0.6 is 27.7 Å². The highest BCUT2D eigenvalue weighted by Gasteiger charge is 2.23. The van der Waals surface area contributed by atoms with Crippen LogP contribution in [0.4, 0.5) is 5.69 Å². The van der Waals surface area contributed by atoms with E-state index in [1.165, 1.54) is 0 Å². The molecular weight excluding hydrogens is 312 g/mol. The van der Waals surface area contributed by atoms with Crippen LogP contribution < -0.4 is 10.1 Å². The topological polar surface area (TPSA) is 33.6 Å². The number of hydrogen-bond donors (Lipinski definition) is 1. The molecule has 1 heterocycles. The molecule has 1 aliphatic rings. The van der Waals surface area contributed by atoms with Crippen molar-refractivity contribution in [1.29, 1.82) is 0 Å². The average Bonchev–Trinajstić information content (AvgIpc) is 2.32. The Morgan fingerprint density at radius 3 is 2.83 bits per heavy atom. The van der Waals surface area contributed by atoms with E-state index in [0.29, 0.717) is 0 Å². The minimum atomic E-state index is 0.289. The Hall–Kier alpha value is -0.680. The van der Waals surface area contributed by atoms with Gasteiger partial charge in [0.15, 0.2) is 5.17 Å². The minimum absolute atomic E-state index is 0.289. The lowest BCUT2D eigenvalue weighted by Crippen LogP contribution is -2.27. The van der Waals surface area contributed by atoms with Crippen LogP contribution in [-0.2, 0) is 0 Å². The standard InChI is InChI=1S/C13H17BrN2OS/c1-13(2)7-15-12(18-8-13)16-10-6-9(14)4-5-11(10)17-3/h4-6H,7-8H2,1-3H3,(H,15,16). The largest absolute Gasteiger partial charge is 0.495 e. The van der Waals surface area contributed by atoms with Gasteiger partial charge in [0.05, 0.1) is 12.8 Å². The minimum Gasteiger partial charge on any atom is -0.495 e. The number of halogens is 1. The summed E-state index contributed by atoms with van der Waals surface area (Å²) >= 11 is 5.22. The van der Waals surface area contributed by atoms with E-state index in [4.69, 9.17) is 4.74 Å². The predicted octanol–water partition coefficient (Wildman–Crippen LogP) is 4.00. The third-order valence-electron chi connectivity index (χ3n) is 2.65. The quantitative estimate of drug-likeness (QED) is 0.890. The van der Waals surface area contributed by atoms with Gasteiger partial charge in [0.25, 0.3) is 0 Å². The zero-order valence-corrected chi connectivity index (χ0v) is 13.2. The first-order valence-electron chi connectivity index (χ1n) is 5.78. The second kappa shape index (κ2) is 5.53. The Labute approximate surface area is 121 Å². The molecule has 0 aromatic heterocycles. The molecule has 1 aliphatic heterocycles. The number of aliphatic imine (C=N–C) groups is 1. The molecule has 0 radical (unpaired) electrons. The highest BCUT2D eigenvalue weighted by Crippen LogP contribution is 2.32. The van der Waals surface area contributed by atoms with Crippen LogP contribution in [0, 0.1) is 5.41 Å². The number of ether oxygens (including phenoxy) is 1.